The number of nitrogens with zero attached hydrogens (tertiary/aromatic N) is 2. The van der Waals surface area contributed by atoms with Gasteiger partial charge in [0.2, 0.25) is 5.13 Å². The zero-order valence-electron chi connectivity index (χ0n) is 7.77. The summed E-state index contributed by atoms with van der Waals surface area (Å²) in [6, 6.07) is 7.48. The molecule has 0 fully saturated rings. The highest BCUT2D eigenvalue weighted by Gasteiger charge is 2.00. The maximum Gasteiger partial charge on any atom is 0.203 e. The summed E-state index contributed by atoms with van der Waals surface area (Å²) in [6.07, 6.45) is 0. The van der Waals surface area contributed by atoms with Crippen LogP contribution >= 0.6 is 22.9 Å². The maximum atomic E-state index is 5.77. The van der Waals surface area contributed by atoms with Gasteiger partial charge in [0, 0.05) is 10.7 Å². The van der Waals surface area contributed by atoms with E-state index in [1.807, 2.05) is 24.3 Å². The third kappa shape index (κ3) is 2.81. The van der Waals surface area contributed by atoms with Gasteiger partial charge in [-0.3, -0.25) is 0 Å². The molecule has 2 rings (SSSR count). The maximum absolute atomic E-state index is 5.77. The van der Waals surface area contributed by atoms with Gasteiger partial charge in [0.15, 0.2) is 0 Å². The summed E-state index contributed by atoms with van der Waals surface area (Å²) < 4.78 is 0. The molecular weight excluding hydrogens is 232 g/mol. The number of benzene rings is 1. The van der Waals surface area contributed by atoms with Crippen molar-refractivity contribution < 1.29 is 0 Å². The van der Waals surface area contributed by atoms with Crippen LogP contribution in [0.2, 0.25) is 5.02 Å². The number of nitrogen functional groups attached to an aromatic ring is 1. The molecule has 0 saturated heterocycles. The van der Waals surface area contributed by atoms with Gasteiger partial charge in [-0.15, -0.1) is 10.2 Å². The van der Waals surface area contributed by atoms with Crippen molar-refractivity contribution in [3.63, 3.8) is 0 Å². The third-order valence-electron chi connectivity index (χ3n) is 1.77. The molecule has 78 valence electrons. The Kier molecular flexibility index (Phi) is 3.03. The van der Waals surface area contributed by atoms with Crippen molar-refractivity contribution in [2.24, 2.45) is 0 Å². The monoisotopic (exact) mass is 240 g/mol. The van der Waals surface area contributed by atoms with Crippen molar-refractivity contribution in [3.05, 3.63) is 34.3 Å². The first-order chi connectivity index (χ1) is 7.24. The van der Waals surface area contributed by atoms with E-state index in [-0.39, 0.29) is 0 Å². The Hall–Kier alpha value is -1.33. The summed E-state index contributed by atoms with van der Waals surface area (Å²) in [5.74, 6) is 0. The molecule has 0 aliphatic heterocycles. The summed E-state index contributed by atoms with van der Waals surface area (Å²) in [4.78, 5) is 0. The number of hydrogen-bond acceptors (Lipinski definition) is 5. The van der Waals surface area contributed by atoms with Gasteiger partial charge in [-0.2, -0.15) is 0 Å². The van der Waals surface area contributed by atoms with Crippen LogP contribution in [0.5, 0.6) is 0 Å². The molecule has 0 radical (unpaired) electrons. The number of aromatic nitrogens is 2. The molecule has 0 bridgehead atoms. The minimum Gasteiger partial charge on any atom is -0.378 e. The SMILES string of the molecule is Nc1nnc(CNc2ccc(Cl)cc2)s1. The van der Waals surface area contributed by atoms with Crippen LogP contribution in [-0.2, 0) is 6.54 Å². The highest BCUT2D eigenvalue weighted by Crippen LogP contribution is 2.16. The van der Waals surface area contributed by atoms with E-state index < -0.39 is 0 Å². The minimum absolute atomic E-state index is 0.489. The summed E-state index contributed by atoms with van der Waals surface area (Å²) in [7, 11) is 0. The molecule has 4 nitrogen and oxygen atoms in total. The average molecular weight is 241 g/mol. The van der Waals surface area contributed by atoms with E-state index in [1.165, 1.54) is 11.3 Å². The Morgan fingerprint density at radius 1 is 1.27 bits per heavy atom. The predicted octanol–water partition coefficient (Wildman–Crippen LogP) is 2.39. The highest BCUT2D eigenvalue weighted by molar-refractivity contribution is 7.15. The first-order valence-corrected chi connectivity index (χ1v) is 5.51. The lowest BCUT2D eigenvalue weighted by Crippen LogP contribution is -1.98. The molecule has 3 N–H and O–H groups in total. The van der Waals surface area contributed by atoms with Crippen LogP contribution in [-0.4, -0.2) is 10.2 Å². The normalized spacial score (nSPS) is 10.2. The fraction of sp³-hybridized carbons (Fsp3) is 0.111. The number of nitrogens with one attached hydrogen (secondary N) is 1. The molecule has 2 aromatic rings. The number of halogens is 1. The molecular formula is C9H9ClN4S. The predicted molar refractivity (Wildman–Crippen MR) is 63.1 cm³/mol. The molecule has 0 saturated carbocycles. The largest absolute Gasteiger partial charge is 0.378 e. The minimum atomic E-state index is 0.489. The first kappa shape index (κ1) is 10.2. The van der Waals surface area contributed by atoms with Crippen LogP contribution in [0.15, 0.2) is 24.3 Å². The lowest BCUT2D eigenvalue weighted by Gasteiger charge is -2.02. The number of hydrogen-bond donors (Lipinski definition) is 2. The van der Waals surface area contributed by atoms with E-state index in [0.29, 0.717) is 11.7 Å². The van der Waals surface area contributed by atoms with Gasteiger partial charge in [-0.1, -0.05) is 22.9 Å². The van der Waals surface area contributed by atoms with Crippen LogP contribution in [0, 0.1) is 0 Å². The van der Waals surface area contributed by atoms with Crippen LogP contribution in [0.3, 0.4) is 0 Å². The second-order valence-corrected chi connectivity index (χ2v) is 4.42. The molecule has 0 atom stereocenters. The summed E-state index contributed by atoms with van der Waals surface area (Å²) in [5.41, 5.74) is 6.46. The fourth-order valence-electron chi connectivity index (χ4n) is 1.08. The Labute approximate surface area is 96.1 Å². The van der Waals surface area contributed by atoms with Gasteiger partial charge in [0.25, 0.3) is 0 Å². The Morgan fingerprint density at radius 2 is 2.00 bits per heavy atom. The summed E-state index contributed by atoms with van der Waals surface area (Å²) in [5, 5.41) is 12.9. The highest BCUT2D eigenvalue weighted by atomic mass is 35.5. The van der Waals surface area contributed by atoms with Crippen molar-refractivity contribution in [2.45, 2.75) is 6.54 Å². The Bertz CT molecular complexity index is 440. The van der Waals surface area contributed by atoms with Gasteiger partial charge in [-0.05, 0) is 24.3 Å². The number of rotatable bonds is 3. The van der Waals surface area contributed by atoms with Crippen LogP contribution < -0.4 is 11.1 Å². The molecule has 0 unspecified atom stereocenters. The zero-order chi connectivity index (χ0) is 10.7. The van der Waals surface area contributed by atoms with E-state index in [9.17, 15) is 0 Å². The quantitative estimate of drug-likeness (QED) is 0.865. The van der Waals surface area contributed by atoms with Crippen molar-refractivity contribution >= 4 is 33.8 Å². The molecule has 0 aliphatic rings. The molecule has 0 amide bonds. The van der Waals surface area contributed by atoms with Gasteiger partial charge in [-0.25, -0.2) is 0 Å². The Morgan fingerprint density at radius 3 is 2.60 bits per heavy atom. The topological polar surface area (TPSA) is 63.8 Å². The number of anilines is 2. The summed E-state index contributed by atoms with van der Waals surface area (Å²) in [6.45, 7) is 0.622. The molecule has 0 spiro atoms. The van der Waals surface area contributed by atoms with Gasteiger partial charge < -0.3 is 11.1 Å². The van der Waals surface area contributed by atoms with Crippen molar-refractivity contribution in [1.29, 1.82) is 0 Å². The molecule has 1 heterocycles. The van der Waals surface area contributed by atoms with Gasteiger partial charge in [0.1, 0.15) is 5.01 Å². The average Bonchev–Trinajstić information content (AvgIpc) is 2.64. The second kappa shape index (κ2) is 4.46. The third-order valence-corrected chi connectivity index (χ3v) is 2.77. The zero-order valence-corrected chi connectivity index (χ0v) is 9.35. The van der Waals surface area contributed by atoms with Gasteiger partial charge >= 0.3 is 0 Å². The van der Waals surface area contributed by atoms with Crippen LogP contribution in [0.25, 0.3) is 0 Å². The van der Waals surface area contributed by atoms with Crippen molar-refractivity contribution in [3.8, 4) is 0 Å². The van der Waals surface area contributed by atoms with E-state index in [1.54, 1.807) is 0 Å². The van der Waals surface area contributed by atoms with Crippen molar-refractivity contribution in [2.75, 3.05) is 11.1 Å². The molecule has 0 aliphatic carbocycles. The van der Waals surface area contributed by atoms with E-state index in [0.717, 1.165) is 15.7 Å². The Balaban J connectivity index is 1.96. The smallest absolute Gasteiger partial charge is 0.203 e. The van der Waals surface area contributed by atoms with E-state index in [4.69, 9.17) is 17.3 Å². The lowest BCUT2D eigenvalue weighted by molar-refractivity contribution is 0.994. The molecule has 15 heavy (non-hydrogen) atoms. The molecule has 6 heteroatoms. The molecule has 1 aromatic heterocycles. The van der Waals surface area contributed by atoms with Crippen molar-refractivity contribution in [1.82, 2.24) is 10.2 Å². The van der Waals surface area contributed by atoms with Crippen LogP contribution in [0.4, 0.5) is 10.8 Å². The summed E-state index contributed by atoms with van der Waals surface area (Å²) >= 11 is 7.14. The second-order valence-electron chi connectivity index (χ2n) is 2.89. The standard InChI is InChI=1S/C9H9ClN4S/c10-6-1-3-7(4-2-6)12-5-8-13-14-9(11)15-8/h1-4,12H,5H2,(H2,11,14). The van der Waals surface area contributed by atoms with Crippen LogP contribution in [0.1, 0.15) is 5.01 Å². The van der Waals surface area contributed by atoms with E-state index in [2.05, 4.69) is 15.5 Å². The molecule has 1 aromatic carbocycles. The first-order valence-electron chi connectivity index (χ1n) is 4.31. The lowest BCUT2D eigenvalue weighted by atomic mass is 10.3. The van der Waals surface area contributed by atoms with Gasteiger partial charge in [0.05, 0.1) is 6.54 Å². The van der Waals surface area contributed by atoms with E-state index >= 15 is 0 Å². The number of nitrogens with two attached hydrogens (primary N) is 1. The fourth-order valence-corrected chi connectivity index (χ4v) is 1.76.